The lowest BCUT2D eigenvalue weighted by Crippen LogP contribution is -2.41. The number of hydrogen-bond donors (Lipinski definition) is 0. The molecule has 0 spiro atoms. The lowest BCUT2D eigenvalue weighted by Gasteiger charge is -2.32. The van der Waals surface area contributed by atoms with Crippen molar-refractivity contribution in [2.45, 2.75) is 38.3 Å². The summed E-state index contributed by atoms with van der Waals surface area (Å²) >= 11 is 0. The van der Waals surface area contributed by atoms with Gasteiger partial charge in [0, 0.05) is 18.5 Å². The van der Waals surface area contributed by atoms with Gasteiger partial charge >= 0.3 is 0 Å². The predicted molar refractivity (Wildman–Crippen MR) is 77.8 cm³/mol. The fraction of sp³-hybridized carbons (Fsp3) is 0.438. The number of hydrogen-bond acceptors (Lipinski definition) is 3. The van der Waals surface area contributed by atoms with E-state index in [9.17, 15) is 13.6 Å². The number of rotatable bonds is 2. The molecule has 1 amide bonds. The maximum Gasteiger partial charge on any atom is 0.257 e. The second-order valence-electron chi connectivity index (χ2n) is 6.28. The van der Waals surface area contributed by atoms with Gasteiger partial charge in [-0.1, -0.05) is 0 Å². The van der Waals surface area contributed by atoms with Crippen LogP contribution in [0.3, 0.4) is 0 Å². The number of aromatic nitrogens is 3. The molecule has 2 aliphatic rings. The van der Waals surface area contributed by atoms with Gasteiger partial charge in [-0.25, -0.2) is 8.78 Å². The molecule has 1 aromatic heterocycles. The molecule has 23 heavy (non-hydrogen) atoms. The zero-order chi connectivity index (χ0) is 16.1. The standard InChI is InChI=1S/C16H16F2N4O/c1-9-7-21(16(23)12-5-4-11(17)6-13(12)18)8-14-19-20-15(22(9)14)10-2-3-10/h4-6,9-10H,2-3,7-8H2,1H3/t9-/m0/s1. The van der Waals surface area contributed by atoms with Gasteiger partial charge in [0.05, 0.1) is 18.2 Å². The van der Waals surface area contributed by atoms with Crippen LogP contribution in [0, 0.1) is 11.6 Å². The maximum atomic E-state index is 13.8. The third kappa shape index (κ3) is 2.40. The van der Waals surface area contributed by atoms with Gasteiger partial charge in [0.15, 0.2) is 5.82 Å². The first-order valence-electron chi connectivity index (χ1n) is 7.72. The zero-order valence-electron chi connectivity index (χ0n) is 12.7. The van der Waals surface area contributed by atoms with Crippen LogP contribution in [0.1, 0.15) is 53.7 Å². The fourth-order valence-corrected chi connectivity index (χ4v) is 3.17. The third-order valence-corrected chi connectivity index (χ3v) is 4.44. The topological polar surface area (TPSA) is 51.0 Å². The summed E-state index contributed by atoms with van der Waals surface area (Å²) in [5, 5.41) is 8.45. The quantitative estimate of drug-likeness (QED) is 0.855. The van der Waals surface area contributed by atoms with Crippen LogP contribution < -0.4 is 0 Å². The monoisotopic (exact) mass is 318 g/mol. The molecule has 1 atom stereocenters. The maximum absolute atomic E-state index is 13.8. The Morgan fingerprint density at radius 1 is 1.26 bits per heavy atom. The summed E-state index contributed by atoms with van der Waals surface area (Å²) < 4.78 is 29.0. The molecule has 4 rings (SSSR count). The van der Waals surface area contributed by atoms with E-state index in [-0.39, 0.29) is 11.6 Å². The van der Waals surface area contributed by atoms with Gasteiger partial charge in [-0.2, -0.15) is 0 Å². The highest BCUT2D eigenvalue weighted by Crippen LogP contribution is 2.41. The van der Waals surface area contributed by atoms with Crippen molar-refractivity contribution in [2.24, 2.45) is 0 Å². The second kappa shape index (κ2) is 5.11. The van der Waals surface area contributed by atoms with E-state index >= 15 is 0 Å². The highest BCUT2D eigenvalue weighted by Gasteiger charge is 2.36. The number of carbonyl (C=O) groups excluding carboxylic acids is 1. The zero-order valence-corrected chi connectivity index (χ0v) is 12.7. The van der Waals surface area contributed by atoms with E-state index in [1.807, 2.05) is 6.92 Å². The van der Waals surface area contributed by atoms with Crippen LogP contribution in [-0.2, 0) is 6.54 Å². The molecule has 0 bridgehead atoms. The van der Waals surface area contributed by atoms with Gasteiger partial charge in [-0.05, 0) is 31.9 Å². The minimum absolute atomic E-state index is 0.0387. The molecular weight excluding hydrogens is 302 g/mol. The van der Waals surface area contributed by atoms with Gasteiger partial charge in [-0.15, -0.1) is 10.2 Å². The lowest BCUT2D eigenvalue weighted by molar-refractivity contribution is 0.0674. The van der Waals surface area contributed by atoms with Gasteiger partial charge in [0.25, 0.3) is 5.91 Å². The van der Waals surface area contributed by atoms with E-state index in [1.165, 1.54) is 6.07 Å². The average Bonchev–Trinajstić information content (AvgIpc) is 3.26. The minimum atomic E-state index is -0.839. The smallest absolute Gasteiger partial charge is 0.257 e. The number of benzene rings is 1. The van der Waals surface area contributed by atoms with Crippen molar-refractivity contribution in [3.8, 4) is 0 Å². The minimum Gasteiger partial charge on any atom is -0.329 e. The van der Waals surface area contributed by atoms with Crippen LogP contribution >= 0.6 is 0 Å². The van der Waals surface area contributed by atoms with E-state index in [4.69, 9.17) is 0 Å². The van der Waals surface area contributed by atoms with Crippen LogP contribution in [-0.4, -0.2) is 32.1 Å². The molecule has 2 aromatic rings. The Hall–Kier alpha value is -2.31. The van der Waals surface area contributed by atoms with E-state index in [2.05, 4.69) is 14.8 Å². The summed E-state index contributed by atoms with van der Waals surface area (Å²) in [4.78, 5) is 14.1. The van der Waals surface area contributed by atoms with Crippen LogP contribution in [0.25, 0.3) is 0 Å². The molecule has 5 nitrogen and oxygen atoms in total. The molecular formula is C16H16F2N4O. The Bertz CT molecular complexity index is 784. The molecule has 1 aliphatic heterocycles. The van der Waals surface area contributed by atoms with Crippen molar-refractivity contribution >= 4 is 5.91 Å². The highest BCUT2D eigenvalue weighted by atomic mass is 19.1. The predicted octanol–water partition coefficient (Wildman–Crippen LogP) is 2.65. The number of nitrogens with zero attached hydrogens (tertiary/aromatic N) is 4. The normalized spacial score (nSPS) is 20.5. The Morgan fingerprint density at radius 3 is 2.74 bits per heavy atom. The number of fused-ring (bicyclic) bond motifs is 1. The Kier molecular flexibility index (Phi) is 3.18. The van der Waals surface area contributed by atoms with Crippen molar-refractivity contribution in [3.63, 3.8) is 0 Å². The summed E-state index contributed by atoms with van der Waals surface area (Å²) in [6.07, 6.45) is 2.27. The summed E-state index contributed by atoms with van der Waals surface area (Å²) in [5.74, 6) is 0.217. The van der Waals surface area contributed by atoms with Crippen molar-refractivity contribution < 1.29 is 13.6 Å². The molecule has 0 N–H and O–H groups in total. The summed E-state index contributed by atoms with van der Waals surface area (Å²) in [6.45, 7) is 2.75. The second-order valence-corrected chi connectivity index (χ2v) is 6.28. The molecule has 2 heterocycles. The first kappa shape index (κ1) is 14.3. The van der Waals surface area contributed by atoms with Gasteiger partial charge in [-0.3, -0.25) is 4.79 Å². The van der Waals surface area contributed by atoms with E-state index in [1.54, 1.807) is 4.90 Å². The first-order chi connectivity index (χ1) is 11.0. The third-order valence-electron chi connectivity index (χ3n) is 4.44. The Labute approximate surface area is 131 Å². The SMILES string of the molecule is C[C@H]1CN(C(=O)c2ccc(F)cc2F)Cc2nnc(C3CC3)n21. The highest BCUT2D eigenvalue weighted by molar-refractivity contribution is 5.94. The molecule has 1 aliphatic carbocycles. The largest absolute Gasteiger partial charge is 0.329 e. The van der Waals surface area contributed by atoms with Crippen LogP contribution in [0.5, 0.6) is 0 Å². The fourth-order valence-electron chi connectivity index (χ4n) is 3.17. The van der Waals surface area contributed by atoms with Gasteiger partial charge < -0.3 is 9.47 Å². The van der Waals surface area contributed by atoms with Crippen molar-refractivity contribution in [2.75, 3.05) is 6.54 Å². The van der Waals surface area contributed by atoms with Crippen LogP contribution in [0.4, 0.5) is 8.78 Å². The van der Waals surface area contributed by atoms with Crippen molar-refractivity contribution in [3.05, 3.63) is 47.0 Å². The molecule has 0 radical (unpaired) electrons. The lowest BCUT2D eigenvalue weighted by atomic mass is 10.1. The Morgan fingerprint density at radius 2 is 2.04 bits per heavy atom. The Balaban J connectivity index is 1.62. The molecule has 120 valence electrons. The van der Waals surface area contributed by atoms with Crippen LogP contribution in [0.15, 0.2) is 18.2 Å². The number of amides is 1. The van der Waals surface area contributed by atoms with Crippen molar-refractivity contribution in [1.82, 2.24) is 19.7 Å². The average molecular weight is 318 g/mol. The molecule has 1 fully saturated rings. The molecule has 0 saturated heterocycles. The summed E-state index contributed by atoms with van der Waals surface area (Å²) in [6, 6.07) is 3.05. The van der Waals surface area contributed by atoms with E-state index < -0.39 is 17.5 Å². The number of carbonyl (C=O) groups is 1. The van der Waals surface area contributed by atoms with E-state index in [0.717, 1.165) is 36.6 Å². The molecule has 0 unspecified atom stereocenters. The first-order valence-corrected chi connectivity index (χ1v) is 7.72. The summed E-state index contributed by atoms with van der Waals surface area (Å²) in [7, 11) is 0. The van der Waals surface area contributed by atoms with Gasteiger partial charge in [0.2, 0.25) is 0 Å². The van der Waals surface area contributed by atoms with Gasteiger partial charge in [0.1, 0.15) is 17.5 Å². The van der Waals surface area contributed by atoms with E-state index in [0.29, 0.717) is 19.0 Å². The van der Waals surface area contributed by atoms with Crippen LogP contribution in [0.2, 0.25) is 0 Å². The number of halogens is 2. The van der Waals surface area contributed by atoms with Crippen molar-refractivity contribution in [1.29, 1.82) is 0 Å². The molecule has 1 aromatic carbocycles. The molecule has 7 heteroatoms. The summed E-state index contributed by atoms with van der Waals surface area (Å²) in [5.41, 5.74) is -0.117. The molecule has 1 saturated carbocycles.